The van der Waals surface area contributed by atoms with Crippen molar-refractivity contribution in [3.8, 4) is 0 Å². The van der Waals surface area contributed by atoms with Gasteiger partial charge < -0.3 is 5.11 Å². The number of nitrogens with zero attached hydrogens (tertiary/aromatic N) is 1. The van der Waals surface area contributed by atoms with Crippen LogP contribution in [-0.4, -0.2) is 11.3 Å². The molecule has 0 bridgehead atoms. The number of hydrogen-bond acceptors (Lipinski definition) is 2. The summed E-state index contributed by atoms with van der Waals surface area (Å²) in [4.78, 5) is 3.48. The van der Waals surface area contributed by atoms with Gasteiger partial charge in [0.25, 0.3) is 0 Å². The topological polar surface area (TPSA) is 32.6 Å². The molecule has 0 aromatic carbocycles. The fraction of sp³-hybridized carbons (Fsp3) is 0. The molecule has 1 rings (SSSR count). The molecule has 0 saturated carbocycles. The van der Waals surface area contributed by atoms with Crippen LogP contribution in [0.2, 0.25) is 0 Å². The summed E-state index contributed by atoms with van der Waals surface area (Å²) in [6, 6.07) is 0. The van der Waals surface area contributed by atoms with Crippen molar-refractivity contribution in [1.82, 2.24) is 0 Å². The van der Waals surface area contributed by atoms with Crippen molar-refractivity contribution < 1.29 is 5.11 Å². The molecule has 1 aliphatic rings. The minimum absolute atomic E-state index is 0.0532. The van der Waals surface area contributed by atoms with Gasteiger partial charge in [-0.2, -0.15) is 4.99 Å². The molecule has 1 N–H and O–H groups in total. The summed E-state index contributed by atoms with van der Waals surface area (Å²) in [5, 5.41) is 8.47. The minimum Gasteiger partial charge on any atom is -0.471 e. The average Bonchev–Trinajstić information content (AvgIpc) is 1.69. The van der Waals surface area contributed by atoms with Crippen molar-refractivity contribution >= 4 is 6.21 Å². The Balaban J connectivity index is 2.82. The number of rotatable bonds is 0. The van der Waals surface area contributed by atoms with E-state index in [-0.39, 0.29) is 5.88 Å². The van der Waals surface area contributed by atoms with Crippen LogP contribution in [-0.2, 0) is 0 Å². The van der Waals surface area contributed by atoms with E-state index in [1.807, 2.05) is 0 Å². The van der Waals surface area contributed by atoms with Gasteiger partial charge in [-0.05, 0) is 0 Å². The average molecular weight is 94.1 g/mol. The zero-order valence-electron chi connectivity index (χ0n) is 3.63. The Morgan fingerprint density at radius 1 is 1.71 bits per heavy atom. The molecule has 0 radical (unpaired) electrons. The third kappa shape index (κ3) is 0.845. The standard InChI is InChI=1S/C5H3NO/c7-5-3-1-2-4-6-5/h1-2,4H/p+1. The van der Waals surface area contributed by atoms with E-state index in [0.717, 1.165) is 0 Å². The summed E-state index contributed by atoms with van der Waals surface area (Å²) < 4.78 is 0. The first kappa shape index (κ1) is 4.03. The summed E-state index contributed by atoms with van der Waals surface area (Å²) in [5.74, 6) is -0.0532. The maximum absolute atomic E-state index is 8.47. The van der Waals surface area contributed by atoms with Crippen LogP contribution in [0.15, 0.2) is 23.0 Å². The van der Waals surface area contributed by atoms with Crippen molar-refractivity contribution in [3.63, 3.8) is 0 Å². The van der Waals surface area contributed by atoms with Gasteiger partial charge in [0.15, 0.2) is 12.2 Å². The second-order valence-corrected chi connectivity index (χ2v) is 1.11. The molecule has 0 aliphatic carbocycles. The van der Waals surface area contributed by atoms with Crippen LogP contribution >= 0.6 is 0 Å². The number of aliphatic imine (C=N–C) groups is 1. The maximum Gasteiger partial charge on any atom is 0.368 e. The molecule has 1 aliphatic heterocycles. The molecule has 2 nitrogen and oxygen atoms in total. The van der Waals surface area contributed by atoms with Crippen molar-refractivity contribution in [2.75, 3.05) is 0 Å². The number of hydrogen-bond donors (Lipinski definition) is 1. The zero-order chi connectivity index (χ0) is 5.11. The Morgan fingerprint density at radius 2 is 2.57 bits per heavy atom. The van der Waals surface area contributed by atoms with Crippen molar-refractivity contribution in [3.05, 3.63) is 24.1 Å². The molecule has 0 unspecified atom stereocenters. The van der Waals surface area contributed by atoms with E-state index in [4.69, 9.17) is 5.11 Å². The van der Waals surface area contributed by atoms with E-state index in [0.29, 0.717) is 0 Å². The molecule has 2 heteroatoms. The third-order valence-corrected chi connectivity index (χ3v) is 0.592. The summed E-state index contributed by atoms with van der Waals surface area (Å²) in [5.41, 5.74) is 0. The predicted molar refractivity (Wildman–Crippen MR) is 27.0 cm³/mol. The van der Waals surface area contributed by atoms with Gasteiger partial charge in [0.05, 0.1) is 6.08 Å². The van der Waals surface area contributed by atoms with Gasteiger partial charge in [-0.1, -0.05) is 0 Å². The fourth-order valence-corrected chi connectivity index (χ4v) is 0.317. The van der Waals surface area contributed by atoms with Crippen LogP contribution in [0.1, 0.15) is 0 Å². The molecule has 1 heterocycles. The lowest BCUT2D eigenvalue weighted by atomic mass is 10.4. The lowest BCUT2D eigenvalue weighted by Gasteiger charge is -1.76. The van der Waals surface area contributed by atoms with Gasteiger partial charge >= 0.3 is 5.88 Å². The highest BCUT2D eigenvalue weighted by Crippen LogP contribution is 1.91. The molecule has 0 saturated heterocycles. The number of aliphatic hydroxyl groups excluding tert-OH is 1. The largest absolute Gasteiger partial charge is 0.471 e. The van der Waals surface area contributed by atoms with Gasteiger partial charge in [0.1, 0.15) is 6.21 Å². The van der Waals surface area contributed by atoms with E-state index >= 15 is 0 Å². The van der Waals surface area contributed by atoms with Gasteiger partial charge in [-0.15, -0.1) is 0 Å². The first-order valence-corrected chi connectivity index (χ1v) is 1.91. The molecule has 0 amide bonds. The lowest BCUT2D eigenvalue weighted by molar-refractivity contribution is 0.404. The van der Waals surface area contributed by atoms with Gasteiger partial charge in [0, 0.05) is 0 Å². The smallest absolute Gasteiger partial charge is 0.368 e. The Morgan fingerprint density at radius 3 is 2.86 bits per heavy atom. The molecule has 0 aromatic heterocycles. The maximum atomic E-state index is 8.47. The van der Waals surface area contributed by atoms with E-state index in [1.54, 1.807) is 12.2 Å². The number of allylic oxidation sites excluding steroid dienone is 3. The highest BCUT2D eigenvalue weighted by atomic mass is 16.3. The fourth-order valence-electron chi connectivity index (χ4n) is 0.317. The second kappa shape index (κ2) is 1.54. The normalized spacial score (nSPS) is 15.7. The van der Waals surface area contributed by atoms with Crippen LogP contribution in [0.5, 0.6) is 0 Å². The highest BCUT2D eigenvalue weighted by molar-refractivity contribution is 5.73. The van der Waals surface area contributed by atoms with Crippen molar-refractivity contribution in [1.29, 1.82) is 0 Å². The molecule has 0 aromatic rings. The number of aliphatic hydroxyl groups is 1. The molecular formula is C5H4NO+. The minimum atomic E-state index is -0.0532. The van der Waals surface area contributed by atoms with E-state index in [1.165, 1.54) is 6.21 Å². The molecule has 34 valence electrons. The van der Waals surface area contributed by atoms with E-state index in [2.05, 4.69) is 11.1 Å². The monoisotopic (exact) mass is 94.0 g/mol. The summed E-state index contributed by atoms with van der Waals surface area (Å²) in [6.07, 6.45) is 7.28. The molecule has 0 spiro atoms. The van der Waals surface area contributed by atoms with Crippen LogP contribution in [0, 0.1) is 6.08 Å². The molecule has 7 heavy (non-hydrogen) atoms. The van der Waals surface area contributed by atoms with Crippen molar-refractivity contribution in [2.24, 2.45) is 4.99 Å². The molecule has 0 fully saturated rings. The SMILES string of the molecule is OC1=[C+]C=CC=N1. The van der Waals surface area contributed by atoms with E-state index < -0.39 is 0 Å². The van der Waals surface area contributed by atoms with Gasteiger partial charge in [0.2, 0.25) is 0 Å². The summed E-state index contributed by atoms with van der Waals surface area (Å²) >= 11 is 0. The highest BCUT2D eigenvalue weighted by Gasteiger charge is 1.96. The zero-order valence-corrected chi connectivity index (χ0v) is 3.63. The van der Waals surface area contributed by atoms with Gasteiger partial charge in [-0.25, -0.2) is 0 Å². The Bertz CT molecular complexity index is 144. The van der Waals surface area contributed by atoms with Crippen molar-refractivity contribution in [2.45, 2.75) is 0 Å². The first-order valence-electron chi connectivity index (χ1n) is 1.91. The lowest BCUT2D eigenvalue weighted by Crippen LogP contribution is -1.78. The van der Waals surface area contributed by atoms with Crippen LogP contribution in [0.4, 0.5) is 0 Å². The first-order chi connectivity index (χ1) is 3.39. The van der Waals surface area contributed by atoms with E-state index in [9.17, 15) is 0 Å². The second-order valence-electron chi connectivity index (χ2n) is 1.11. The Labute approximate surface area is 41.5 Å². The predicted octanol–water partition coefficient (Wildman–Crippen LogP) is 0.830. The van der Waals surface area contributed by atoms with Gasteiger partial charge in [-0.3, -0.25) is 0 Å². The van der Waals surface area contributed by atoms with Crippen LogP contribution < -0.4 is 0 Å². The summed E-state index contributed by atoms with van der Waals surface area (Å²) in [7, 11) is 0. The summed E-state index contributed by atoms with van der Waals surface area (Å²) in [6.45, 7) is 0. The van der Waals surface area contributed by atoms with Crippen LogP contribution in [0.25, 0.3) is 0 Å². The third-order valence-electron chi connectivity index (χ3n) is 0.592. The van der Waals surface area contributed by atoms with Crippen LogP contribution in [0.3, 0.4) is 0 Å². The Kier molecular flexibility index (Phi) is 0.886. The molecule has 0 atom stereocenters. The molecular weight excluding hydrogens is 90.1 g/mol. The quantitative estimate of drug-likeness (QED) is 0.443. The Hall–Kier alpha value is -1.14.